The molecule has 1 aliphatic carbocycles. The van der Waals surface area contributed by atoms with Crippen molar-refractivity contribution in [1.82, 2.24) is 4.98 Å². The number of aryl methyl sites for hydroxylation is 2. The highest BCUT2D eigenvalue weighted by molar-refractivity contribution is 5.72. The number of hydrogen-bond acceptors (Lipinski definition) is 4. The zero-order chi connectivity index (χ0) is 22.0. The van der Waals surface area contributed by atoms with Crippen LogP contribution in [0.15, 0.2) is 46.9 Å². The molecule has 6 heteroatoms. The lowest BCUT2D eigenvalue weighted by Crippen LogP contribution is -2.19. The SMILES string of the molecule is CC[C@@H](C(=O)O)[C@H]1CCc2cc(OCCc3nc(-c4ccc(F)cc4)oc3C)ccc21. The molecule has 0 amide bonds. The molecule has 4 rings (SSSR count). The number of benzene rings is 2. The van der Waals surface area contributed by atoms with E-state index in [4.69, 9.17) is 9.15 Å². The second-order valence-electron chi connectivity index (χ2n) is 7.99. The lowest BCUT2D eigenvalue weighted by atomic mass is 9.85. The second kappa shape index (κ2) is 8.92. The van der Waals surface area contributed by atoms with Gasteiger partial charge in [-0.3, -0.25) is 4.79 Å². The first kappa shape index (κ1) is 21.1. The number of carbonyl (C=O) groups is 1. The fraction of sp³-hybridized carbons (Fsp3) is 0.360. The van der Waals surface area contributed by atoms with Crippen LogP contribution in [0.1, 0.15) is 48.3 Å². The number of halogens is 1. The number of carboxylic acid groups (broad SMARTS) is 1. The maximum absolute atomic E-state index is 13.1. The van der Waals surface area contributed by atoms with Gasteiger partial charge in [0.05, 0.1) is 18.2 Å². The van der Waals surface area contributed by atoms with Gasteiger partial charge < -0.3 is 14.3 Å². The minimum absolute atomic E-state index is 0.0780. The highest BCUT2D eigenvalue weighted by Crippen LogP contribution is 2.41. The summed E-state index contributed by atoms with van der Waals surface area (Å²) in [7, 11) is 0. The van der Waals surface area contributed by atoms with Crippen molar-refractivity contribution in [2.24, 2.45) is 5.92 Å². The summed E-state index contributed by atoms with van der Waals surface area (Å²) in [6.45, 7) is 4.24. The van der Waals surface area contributed by atoms with Crippen molar-refractivity contribution in [2.75, 3.05) is 6.61 Å². The Hall–Kier alpha value is -3.15. The standard InChI is InChI=1S/C25H26FNO4/c1-3-20(25(28)29)22-10-6-17-14-19(9-11-21(17)22)30-13-12-23-15(2)31-24(27-23)16-4-7-18(26)8-5-16/h4-5,7-9,11,14,20,22H,3,6,10,12-13H2,1-2H3,(H,28,29)/t20-,22-/m1/s1. The predicted molar refractivity (Wildman–Crippen MR) is 115 cm³/mol. The molecule has 1 N–H and O–H groups in total. The third kappa shape index (κ3) is 4.48. The Kier molecular flexibility index (Phi) is 6.07. The molecule has 2 aromatic carbocycles. The van der Waals surface area contributed by atoms with Gasteiger partial charge in [0, 0.05) is 12.0 Å². The fourth-order valence-corrected chi connectivity index (χ4v) is 4.41. The number of oxazole rings is 1. The molecule has 162 valence electrons. The van der Waals surface area contributed by atoms with Gasteiger partial charge in [-0.15, -0.1) is 0 Å². The third-order valence-electron chi connectivity index (χ3n) is 6.07. The summed E-state index contributed by atoms with van der Waals surface area (Å²) >= 11 is 0. The number of hydrogen-bond donors (Lipinski definition) is 1. The Morgan fingerprint density at radius 2 is 2.06 bits per heavy atom. The highest BCUT2D eigenvalue weighted by atomic mass is 19.1. The van der Waals surface area contributed by atoms with Crippen LogP contribution >= 0.6 is 0 Å². The molecular weight excluding hydrogens is 397 g/mol. The molecule has 5 nitrogen and oxygen atoms in total. The molecule has 0 aliphatic heterocycles. The number of aromatic nitrogens is 1. The Balaban J connectivity index is 1.39. The van der Waals surface area contributed by atoms with Gasteiger partial charge in [-0.1, -0.05) is 13.0 Å². The molecule has 0 radical (unpaired) electrons. The van der Waals surface area contributed by atoms with Gasteiger partial charge in [0.2, 0.25) is 5.89 Å². The summed E-state index contributed by atoms with van der Waals surface area (Å²) < 4.78 is 24.8. The monoisotopic (exact) mass is 423 g/mol. The van der Waals surface area contributed by atoms with Crippen LogP contribution in [0.4, 0.5) is 4.39 Å². The van der Waals surface area contributed by atoms with Gasteiger partial charge in [0.1, 0.15) is 17.3 Å². The van der Waals surface area contributed by atoms with Crippen LogP contribution in [0.3, 0.4) is 0 Å². The maximum atomic E-state index is 13.1. The van der Waals surface area contributed by atoms with Crippen LogP contribution in [-0.4, -0.2) is 22.7 Å². The first-order chi connectivity index (χ1) is 15.0. The Morgan fingerprint density at radius 1 is 1.29 bits per heavy atom. The smallest absolute Gasteiger partial charge is 0.307 e. The van der Waals surface area contributed by atoms with Gasteiger partial charge in [0.15, 0.2) is 0 Å². The van der Waals surface area contributed by atoms with E-state index >= 15 is 0 Å². The zero-order valence-corrected chi connectivity index (χ0v) is 17.7. The molecule has 31 heavy (non-hydrogen) atoms. The molecule has 0 fully saturated rings. The molecule has 0 unspecified atom stereocenters. The summed E-state index contributed by atoms with van der Waals surface area (Å²) in [4.78, 5) is 16.1. The normalized spacial score (nSPS) is 16.2. The lowest BCUT2D eigenvalue weighted by Gasteiger charge is -2.19. The Morgan fingerprint density at radius 3 is 2.77 bits per heavy atom. The topological polar surface area (TPSA) is 72.6 Å². The van der Waals surface area contributed by atoms with Crippen LogP contribution in [0.25, 0.3) is 11.5 Å². The van der Waals surface area contributed by atoms with E-state index < -0.39 is 5.97 Å². The number of rotatable bonds is 8. The van der Waals surface area contributed by atoms with E-state index in [1.54, 1.807) is 12.1 Å². The van der Waals surface area contributed by atoms with Crippen LogP contribution in [0.2, 0.25) is 0 Å². The van der Waals surface area contributed by atoms with E-state index in [2.05, 4.69) is 4.98 Å². The van der Waals surface area contributed by atoms with E-state index in [9.17, 15) is 14.3 Å². The molecule has 0 bridgehead atoms. The van der Waals surface area contributed by atoms with Gasteiger partial charge in [-0.25, -0.2) is 9.37 Å². The fourth-order valence-electron chi connectivity index (χ4n) is 4.41. The highest BCUT2D eigenvalue weighted by Gasteiger charge is 2.33. The van der Waals surface area contributed by atoms with Crippen LogP contribution < -0.4 is 4.74 Å². The molecule has 1 heterocycles. The Bertz CT molecular complexity index is 1070. The van der Waals surface area contributed by atoms with Crippen molar-refractivity contribution in [1.29, 1.82) is 0 Å². The summed E-state index contributed by atoms with van der Waals surface area (Å²) in [5.41, 5.74) is 3.86. The number of aliphatic carboxylic acids is 1. The molecule has 1 aliphatic rings. The maximum Gasteiger partial charge on any atom is 0.307 e. The lowest BCUT2D eigenvalue weighted by molar-refractivity contribution is -0.142. The van der Waals surface area contributed by atoms with Crippen LogP contribution in [0, 0.1) is 18.7 Å². The minimum atomic E-state index is -0.719. The first-order valence-electron chi connectivity index (χ1n) is 10.7. The van der Waals surface area contributed by atoms with E-state index in [1.807, 2.05) is 32.0 Å². The van der Waals surface area contributed by atoms with E-state index in [0.717, 1.165) is 41.2 Å². The van der Waals surface area contributed by atoms with E-state index in [-0.39, 0.29) is 17.7 Å². The predicted octanol–water partition coefficient (Wildman–Crippen LogP) is 5.55. The van der Waals surface area contributed by atoms with Crippen molar-refractivity contribution in [3.05, 3.63) is 70.9 Å². The summed E-state index contributed by atoms with van der Waals surface area (Å²) in [6.07, 6.45) is 2.97. The number of fused-ring (bicyclic) bond motifs is 1. The van der Waals surface area contributed by atoms with Crippen molar-refractivity contribution in [3.63, 3.8) is 0 Å². The zero-order valence-electron chi connectivity index (χ0n) is 17.7. The molecule has 1 aromatic heterocycles. The molecule has 0 saturated heterocycles. The molecular formula is C25H26FNO4. The molecule has 3 aromatic rings. The van der Waals surface area contributed by atoms with Crippen LogP contribution in [0.5, 0.6) is 5.75 Å². The van der Waals surface area contributed by atoms with Crippen LogP contribution in [-0.2, 0) is 17.6 Å². The van der Waals surface area contributed by atoms with Crippen molar-refractivity contribution in [2.45, 2.75) is 45.4 Å². The van der Waals surface area contributed by atoms with Crippen molar-refractivity contribution >= 4 is 5.97 Å². The molecule has 0 spiro atoms. The van der Waals surface area contributed by atoms with Gasteiger partial charge in [-0.2, -0.15) is 0 Å². The Labute approximate surface area is 180 Å². The molecule has 2 atom stereocenters. The average molecular weight is 423 g/mol. The second-order valence-corrected chi connectivity index (χ2v) is 7.99. The number of ether oxygens (including phenoxy) is 1. The third-order valence-corrected chi connectivity index (χ3v) is 6.07. The summed E-state index contributed by atoms with van der Waals surface area (Å²) in [6, 6.07) is 12.0. The molecule has 0 saturated carbocycles. The van der Waals surface area contributed by atoms with E-state index in [0.29, 0.717) is 25.3 Å². The van der Waals surface area contributed by atoms with Crippen molar-refractivity contribution in [3.8, 4) is 17.2 Å². The van der Waals surface area contributed by atoms with Gasteiger partial charge in [0.25, 0.3) is 0 Å². The first-order valence-corrected chi connectivity index (χ1v) is 10.7. The van der Waals surface area contributed by atoms with Gasteiger partial charge in [-0.05, 0) is 79.6 Å². The van der Waals surface area contributed by atoms with E-state index in [1.165, 1.54) is 17.7 Å². The average Bonchev–Trinajstić information content (AvgIpc) is 3.32. The summed E-state index contributed by atoms with van der Waals surface area (Å²) in [5, 5.41) is 9.49. The summed E-state index contributed by atoms with van der Waals surface area (Å²) in [5.74, 6) is 0.701. The van der Waals surface area contributed by atoms with Crippen molar-refractivity contribution < 1.29 is 23.4 Å². The quantitative estimate of drug-likeness (QED) is 0.514. The number of carboxylic acids is 1. The minimum Gasteiger partial charge on any atom is -0.493 e. The number of nitrogens with zero attached hydrogens (tertiary/aromatic N) is 1. The largest absolute Gasteiger partial charge is 0.493 e. The van der Waals surface area contributed by atoms with Gasteiger partial charge >= 0.3 is 5.97 Å².